The van der Waals surface area contributed by atoms with Gasteiger partial charge in [0.05, 0.1) is 0 Å². The molecule has 0 heteroatoms. The van der Waals surface area contributed by atoms with Gasteiger partial charge in [-0.05, 0) is 79.2 Å². The first-order chi connectivity index (χ1) is 17.8. The Morgan fingerprint density at radius 1 is 0.361 bits per heavy atom. The van der Waals surface area contributed by atoms with Crippen LogP contribution in [0, 0.1) is 0 Å². The van der Waals surface area contributed by atoms with Crippen LogP contribution in [0.1, 0.15) is 27.8 Å². The zero-order valence-electron chi connectivity index (χ0n) is 20.0. The van der Waals surface area contributed by atoms with E-state index in [1.54, 1.807) is 0 Å². The van der Waals surface area contributed by atoms with Crippen molar-refractivity contribution >= 4 is 45.3 Å². The molecule has 0 saturated carbocycles. The Labute approximate surface area is 212 Å². The highest BCUT2D eigenvalue weighted by Gasteiger charge is 2.05. The fourth-order valence-electron chi connectivity index (χ4n) is 4.72. The lowest BCUT2D eigenvalue weighted by atomic mass is 9.95. The van der Waals surface area contributed by atoms with Gasteiger partial charge in [-0.25, -0.2) is 0 Å². The van der Waals surface area contributed by atoms with Gasteiger partial charge in [-0.1, -0.05) is 133 Å². The second kappa shape index (κ2) is 9.90. The SMILES string of the molecule is C(=C(c1ccccc1)c1ccccc1)c1ccc2cc(/C=C/c3ccc4ccccc4c3)ccc2c1. The normalized spacial score (nSPS) is 11.2. The van der Waals surface area contributed by atoms with E-state index in [0.717, 1.165) is 0 Å². The highest BCUT2D eigenvalue weighted by molar-refractivity contribution is 5.94. The maximum absolute atomic E-state index is 2.29. The molecule has 0 spiro atoms. The van der Waals surface area contributed by atoms with Crippen LogP contribution < -0.4 is 0 Å². The summed E-state index contributed by atoms with van der Waals surface area (Å²) in [5.41, 5.74) is 7.28. The molecule has 6 aromatic carbocycles. The summed E-state index contributed by atoms with van der Waals surface area (Å²) in [4.78, 5) is 0. The van der Waals surface area contributed by atoms with Gasteiger partial charge in [0.25, 0.3) is 0 Å². The van der Waals surface area contributed by atoms with Crippen LogP contribution in [0.5, 0.6) is 0 Å². The molecule has 0 fully saturated rings. The Morgan fingerprint density at radius 3 is 1.36 bits per heavy atom. The van der Waals surface area contributed by atoms with Crippen LogP contribution in [-0.4, -0.2) is 0 Å². The molecule has 170 valence electrons. The van der Waals surface area contributed by atoms with Gasteiger partial charge in [-0.15, -0.1) is 0 Å². The highest BCUT2D eigenvalue weighted by Crippen LogP contribution is 2.28. The maximum Gasteiger partial charge on any atom is -0.0105 e. The Hall–Kier alpha value is -4.68. The summed E-state index contributed by atoms with van der Waals surface area (Å²) in [6.07, 6.45) is 6.68. The Kier molecular flexibility index (Phi) is 6.00. The average molecular weight is 459 g/mol. The van der Waals surface area contributed by atoms with E-state index in [9.17, 15) is 0 Å². The molecule has 0 aliphatic carbocycles. The monoisotopic (exact) mass is 458 g/mol. The number of hydrogen-bond acceptors (Lipinski definition) is 0. The standard InChI is InChI=1S/C36H26/c1-3-10-31(11-4-1)36(32-12-5-2-6-13-32)26-29-19-22-34-24-28(18-21-35(34)25-29)16-15-27-17-20-30-9-7-8-14-33(30)23-27/h1-26H/b16-15+. The number of hydrogen-bond donors (Lipinski definition) is 0. The van der Waals surface area contributed by atoms with Crippen molar-refractivity contribution in [1.82, 2.24) is 0 Å². The molecule has 0 nitrogen and oxygen atoms in total. The van der Waals surface area contributed by atoms with Crippen LogP contribution in [0.2, 0.25) is 0 Å². The number of fused-ring (bicyclic) bond motifs is 2. The first-order valence-corrected chi connectivity index (χ1v) is 12.4. The number of rotatable bonds is 5. The molecule has 0 bridgehead atoms. The fourth-order valence-corrected chi connectivity index (χ4v) is 4.72. The van der Waals surface area contributed by atoms with E-state index >= 15 is 0 Å². The molecule has 0 atom stereocenters. The van der Waals surface area contributed by atoms with Gasteiger partial charge in [0.1, 0.15) is 0 Å². The zero-order valence-corrected chi connectivity index (χ0v) is 20.0. The predicted octanol–water partition coefficient (Wildman–Crippen LogP) is 9.75. The molecule has 0 aromatic heterocycles. The van der Waals surface area contributed by atoms with Gasteiger partial charge in [-0.3, -0.25) is 0 Å². The third-order valence-electron chi connectivity index (χ3n) is 6.61. The van der Waals surface area contributed by atoms with Gasteiger partial charge in [0.2, 0.25) is 0 Å². The Morgan fingerprint density at radius 2 is 0.778 bits per heavy atom. The minimum absolute atomic E-state index is 1.20. The molecule has 0 saturated heterocycles. The van der Waals surface area contributed by atoms with Crippen molar-refractivity contribution in [3.05, 3.63) is 167 Å². The molecule has 0 N–H and O–H groups in total. The van der Waals surface area contributed by atoms with Crippen molar-refractivity contribution in [1.29, 1.82) is 0 Å². The van der Waals surface area contributed by atoms with Gasteiger partial charge in [0.15, 0.2) is 0 Å². The second-order valence-corrected chi connectivity index (χ2v) is 9.10. The molecular weight excluding hydrogens is 432 g/mol. The van der Waals surface area contributed by atoms with Crippen molar-refractivity contribution in [2.75, 3.05) is 0 Å². The molecule has 0 aliphatic heterocycles. The molecule has 6 rings (SSSR count). The van der Waals surface area contributed by atoms with Crippen LogP contribution >= 0.6 is 0 Å². The minimum atomic E-state index is 1.20. The largest absolute Gasteiger partial charge is 0.0622 e. The molecule has 0 aliphatic rings. The van der Waals surface area contributed by atoms with Crippen LogP contribution in [0.25, 0.3) is 45.3 Å². The second-order valence-electron chi connectivity index (χ2n) is 9.10. The zero-order chi connectivity index (χ0) is 24.2. The lowest BCUT2D eigenvalue weighted by Crippen LogP contribution is -1.88. The average Bonchev–Trinajstić information content (AvgIpc) is 2.95. The lowest BCUT2D eigenvalue weighted by Gasteiger charge is -2.10. The molecule has 0 heterocycles. The summed E-state index contributed by atoms with van der Waals surface area (Å²) in [7, 11) is 0. The number of benzene rings is 6. The molecule has 0 amide bonds. The molecule has 6 aromatic rings. The van der Waals surface area contributed by atoms with Crippen molar-refractivity contribution in [3.63, 3.8) is 0 Å². The third kappa shape index (κ3) is 4.76. The first kappa shape index (κ1) is 21.8. The van der Waals surface area contributed by atoms with Crippen LogP contribution in [0.15, 0.2) is 140 Å². The van der Waals surface area contributed by atoms with Crippen LogP contribution in [-0.2, 0) is 0 Å². The molecule has 0 radical (unpaired) electrons. The topological polar surface area (TPSA) is 0 Å². The molecule has 36 heavy (non-hydrogen) atoms. The van der Waals surface area contributed by atoms with Gasteiger partial charge >= 0.3 is 0 Å². The molecule has 0 unspecified atom stereocenters. The predicted molar refractivity (Wildman–Crippen MR) is 157 cm³/mol. The molecular formula is C36H26. The summed E-state index contributed by atoms with van der Waals surface area (Å²) >= 11 is 0. The summed E-state index contributed by atoms with van der Waals surface area (Å²) < 4.78 is 0. The van der Waals surface area contributed by atoms with E-state index in [1.165, 1.54) is 54.9 Å². The van der Waals surface area contributed by atoms with Gasteiger partial charge < -0.3 is 0 Å². The van der Waals surface area contributed by atoms with Crippen molar-refractivity contribution in [2.45, 2.75) is 0 Å². The summed E-state index contributed by atoms with van der Waals surface area (Å²) in [5, 5.41) is 5.03. The summed E-state index contributed by atoms with van der Waals surface area (Å²) in [5.74, 6) is 0. The van der Waals surface area contributed by atoms with Crippen molar-refractivity contribution in [2.24, 2.45) is 0 Å². The van der Waals surface area contributed by atoms with E-state index in [0.29, 0.717) is 0 Å². The quantitative estimate of drug-likeness (QED) is 0.226. The maximum atomic E-state index is 2.29. The van der Waals surface area contributed by atoms with E-state index in [-0.39, 0.29) is 0 Å². The Bertz CT molecular complexity index is 1660. The summed E-state index contributed by atoms with van der Waals surface area (Å²) in [6.45, 7) is 0. The van der Waals surface area contributed by atoms with Gasteiger partial charge in [0, 0.05) is 0 Å². The lowest BCUT2D eigenvalue weighted by molar-refractivity contribution is 1.55. The van der Waals surface area contributed by atoms with Crippen molar-refractivity contribution < 1.29 is 0 Å². The van der Waals surface area contributed by atoms with Crippen molar-refractivity contribution in [3.8, 4) is 0 Å². The first-order valence-electron chi connectivity index (χ1n) is 12.4. The van der Waals surface area contributed by atoms with Crippen LogP contribution in [0.4, 0.5) is 0 Å². The van der Waals surface area contributed by atoms with E-state index in [2.05, 4.69) is 158 Å². The third-order valence-corrected chi connectivity index (χ3v) is 6.61. The summed E-state index contributed by atoms with van der Waals surface area (Å²) in [6, 6.07) is 49.7. The fraction of sp³-hybridized carbons (Fsp3) is 0. The van der Waals surface area contributed by atoms with E-state index < -0.39 is 0 Å². The minimum Gasteiger partial charge on any atom is -0.0622 e. The smallest absolute Gasteiger partial charge is 0.0105 e. The van der Waals surface area contributed by atoms with Gasteiger partial charge in [-0.2, -0.15) is 0 Å². The highest BCUT2D eigenvalue weighted by atomic mass is 14.1. The Balaban J connectivity index is 1.31. The van der Waals surface area contributed by atoms with Crippen LogP contribution in [0.3, 0.4) is 0 Å². The van der Waals surface area contributed by atoms with E-state index in [1.807, 2.05) is 0 Å². The van der Waals surface area contributed by atoms with E-state index in [4.69, 9.17) is 0 Å².